The van der Waals surface area contributed by atoms with Crippen LogP contribution in [0, 0.1) is 0 Å². The van der Waals surface area contributed by atoms with Gasteiger partial charge in [0.15, 0.2) is 11.6 Å². The fourth-order valence-corrected chi connectivity index (χ4v) is 7.28. The Morgan fingerprint density at radius 1 is 0.551 bits per heavy atom. The first kappa shape index (κ1) is 53.5. The van der Waals surface area contributed by atoms with Gasteiger partial charge in [-0.25, -0.2) is 0 Å². The minimum absolute atomic E-state index is 0.0387. The van der Waals surface area contributed by atoms with Crippen LogP contribution in [0.3, 0.4) is 0 Å². The molecule has 69 heavy (non-hydrogen) atoms. The molecule has 5 aromatic carbocycles. The molecular formula is C48H45Cl5N8O8. The quantitative estimate of drug-likeness (QED) is 0.0296. The van der Waals surface area contributed by atoms with E-state index < -0.39 is 47.3 Å². The summed E-state index contributed by atoms with van der Waals surface area (Å²) in [4.78, 5) is 79.1. The molecule has 0 heterocycles. The minimum atomic E-state index is -1.61. The van der Waals surface area contributed by atoms with E-state index in [4.69, 9.17) is 67.5 Å². The predicted octanol–water partition coefficient (Wildman–Crippen LogP) is 11.9. The van der Waals surface area contributed by atoms with Crippen molar-refractivity contribution in [1.29, 1.82) is 0 Å². The van der Waals surface area contributed by atoms with Gasteiger partial charge in [0, 0.05) is 29.0 Å². The number of carbonyl (C=O) groups is 6. The fraction of sp³-hybridized carbons (Fsp3) is 0.250. The summed E-state index contributed by atoms with van der Waals surface area (Å²) in [7, 11) is 0. The van der Waals surface area contributed by atoms with E-state index in [9.17, 15) is 28.8 Å². The van der Waals surface area contributed by atoms with Crippen LogP contribution in [-0.4, -0.2) is 66.4 Å². The van der Waals surface area contributed by atoms with E-state index in [1.165, 1.54) is 68.4 Å². The lowest BCUT2D eigenvalue weighted by atomic mass is 10.1. The summed E-state index contributed by atoms with van der Waals surface area (Å²) in [5.41, 5.74) is 3.63. The third-order valence-electron chi connectivity index (χ3n) is 9.72. The Labute approximate surface area is 422 Å². The van der Waals surface area contributed by atoms with Crippen LogP contribution < -0.4 is 30.7 Å². The van der Waals surface area contributed by atoms with E-state index in [-0.39, 0.29) is 68.0 Å². The second-order valence-electron chi connectivity index (χ2n) is 14.8. The van der Waals surface area contributed by atoms with E-state index in [0.717, 1.165) is 11.1 Å². The van der Waals surface area contributed by atoms with Crippen LogP contribution in [0.25, 0.3) is 0 Å². The number of aryl methyl sites for hydroxylation is 1. The zero-order chi connectivity index (χ0) is 50.2. The number of benzene rings is 5. The highest BCUT2D eigenvalue weighted by Crippen LogP contribution is 2.32. The van der Waals surface area contributed by atoms with Crippen molar-refractivity contribution in [3.63, 3.8) is 0 Å². The number of nitrogens with one attached hydrogen (secondary N) is 4. The SMILES string of the molecule is CCOc1cc(CCl)ccc1NC(=O)c1cc(N=NC(C(C)=O)C(=O)Nc2ccc(NC(=O)C(N=Nc3ccc(Cl)c(C(=O)Nc4ccc(CCl)cc4OCC)c3)C(C)=O)c(CCCl)c2)ccc1Cl. The molecule has 16 nitrogen and oxygen atoms in total. The van der Waals surface area contributed by atoms with Gasteiger partial charge in [-0.15, -0.1) is 34.8 Å². The number of amides is 4. The average Bonchev–Trinajstić information content (AvgIpc) is 3.32. The number of rotatable bonds is 22. The number of nitrogens with zero attached hydrogens (tertiary/aromatic N) is 4. The molecule has 0 radical (unpaired) electrons. The van der Waals surface area contributed by atoms with Crippen molar-refractivity contribution < 1.29 is 38.2 Å². The van der Waals surface area contributed by atoms with E-state index >= 15 is 0 Å². The Hall–Kier alpha value is -6.43. The van der Waals surface area contributed by atoms with E-state index in [1.807, 2.05) is 0 Å². The van der Waals surface area contributed by atoms with Crippen molar-refractivity contribution in [2.24, 2.45) is 20.5 Å². The molecule has 5 aromatic rings. The van der Waals surface area contributed by atoms with Gasteiger partial charge >= 0.3 is 0 Å². The van der Waals surface area contributed by atoms with Crippen LogP contribution in [0.2, 0.25) is 10.0 Å². The van der Waals surface area contributed by atoms with Crippen LogP contribution in [0.15, 0.2) is 111 Å². The Balaban J connectivity index is 1.28. The standard InChI is InChI=1S/C48H45Cl5N8O8/c1-5-68-41-19-28(24-50)7-14-39(41)56-45(64)34-22-32(9-12-36(34)52)58-60-43(26(3)62)47(66)54-31-11-16-38(30(21-31)17-18-49)55-48(67)44(27(4)63)61-59-33-10-13-37(53)35(23-33)46(65)57-40-15-8-29(25-51)20-42(40)69-6-2/h7-16,19-23,43-44H,5-6,17-18,24-25H2,1-4H3,(H,54,66)(H,55,67)(H,56,64)(H,57,65). The molecule has 360 valence electrons. The summed E-state index contributed by atoms with van der Waals surface area (Å²) < 4.78 is 11.3. The van der Waals surface area contributed by atoms with Crippen molar-refractivity contribution in [2.75, 3.05) is 40.4 Å². The number of halogens is 5. The van der Waals surface area contributed by atoms with Crippen LogP contribution in [0.5, 0.6) is 11.5 Å². The number of ketones is 2. The number of azo groups is 2. The number of anilines is 4. The van der Waals surface area contributed by atoms with Gasteiger partial charge in [-0.3, -0.25) is 28.8 Å². The Morgan fingerprint density at radius 2 is 1.00 bits per heavy atom. The summed E-state index contributed by atoms with van der Waals surface area (Å²) in [6.45, 7) is 6.63. The van der Waals surface area contributed by atoms with Gasteiger partial charge in [-0.2, -0.15) is 20.5 Å². The number of carbonyl (C=O) groups excluding carboxylic acids is 6. The highest BCUT2D eigenvalue weighted by atomic mass is 35.5. The molecular weight excluding hydrogens is 994 g/mol. The summed E-state index contributed by atoms with van der Waals surface area (Å²) in [6, 6.07) is 20.0. The summed E-state index contributed by atoms with van der Waals surface area (Å²) in [5.74, 6) is -2.65. The number of Topliss-reactive ketones (excluding diaryl/α,β-unsaturated/α-hetero) is 2. The first-order valence-corrected chi connectivity index (χ1v) is 23.4. The third-order valence-corrected chi connectivity index (χ3v) is 11.2. The maximum Gasteiger partial charge on any atom is 0.258 e. The van der Waals surface area contributed by atoms with E-state index in [1.54, 1.807) is 50.2 Å². The van der Waals surface area contributed by atoms with Gasteiger partial charge in [-0.1, -0.05) is 35.3 Å². The molecule has 0 aliphatic rings. The molecule has 5 rings (SSSR count). The van der Waals surface area contributed by atoms with Gasteiger partial charge in [0.2, 0.25) is 12.1 Å². The maximum atomic E-state index is 13.5. The van der Waals surface area contributed by atoms with Gasteiger partial charge in [-0.05, 0) is 130 Å². The van der Waals surface area contributed by atoms with E-state index in [0.29, 0.717) is 41.7 Å². The Bertz CT molecular complexity index is 2810. The smallest absolute Gasteiger partial charge is 0.258 e. The fourth-order valence-electron chi connectivity index (χ4n) is 6.33. The van der Waals surface area contributed by atoms with Crippen molar-refractivity contribution >= 4 is 127 Å². The van der Waals surface area contributed by atoms with Crippen LogP contribution in [-0.2, 0) is 37.4 Å². The molecule has 0 spiro atoms. The lowest BCUT2D eigenvalue weighted by Crippen LogP contribution is -2.32. The maximum absolute atomic E-state index is 13.5. The van der Waals surface area contributed by atoms with Crippen molar-refractivity contribution in [1.82, 2.24) is 0 Å². The molecule has 0 saturated carbocycles. The third kappa shape index (κ3) is 14.8. The van der Waals surface area contributed by atoms with Crippen LogP contribution in [0.4, 0.5) is 34.1 Å². The summed E-state index contributed by atoms with van der Waals surface area (Å²) in [5, 5.41) is 27.2. The largest absolute Gasteiger partial charge is 0.492 e. The molecule has 21 heteroatoms. The first-order chi connectivity index (χ1) is 33.1. The zero-order valence-electron chi connectivity index (χ0n) is 37.5. The first-order valence-electron chi connectivity index (χ1n) is 21.1. The van der Waals surface area contributed by atoms with Crippen LogP contribution in [0.1, 0.15) is 65.1 Å². The molecule has 2 unspecified atom stereocenters. The lowest BCUT2D eigenvalue weighted by Gasteiger charge is -2.15. The summed E-state index contributed by atoms with van der Waals surface area (Å²) >= 11 is 30.8. The summed E-state index contributed by atoms with van der Waals surface area (Å²) in [6.07, 6.45) is 0.208. The van der Waals surface area contributed by atoms with Gasteiger partial charge in [0.1, 0.15) is 11.5 Å². The van der Waals surface area contributed by atoms with Gasteiger partial charge in [0.05, 0.1) is 57.1 Å². The second-order valence-corrected chi connectivity index (χ2v) is 16.5. The zero-order valence-corrected chi connectivity index (χ0v) is 41.3. The molecule has 0 fully saturated rings. The normalized spacial score (nSPS) is 12.0. The molecule has 0 bridgehead atoms. The van der Waals surface area contributed by atoms with Crippen molar-refractivity contribution in [2.45, 2.75) is 58.0 Å². The van der Waals surface area contributed by atoms with Gasteiger partial charge < -0.3 is 30.7 Å². The van der Waals surface area contributed by atoms with Gasteiger partial charge in [0.25, 0.3) is 23.6 Å². The molecule has 0 aromatic heterocycles. The van der Waals surface area contributed by atoms with Crippen LogP contribution >= 0.6 is 58.0 Å². The number of hydrogen-bond donors (Lipinski definition) is 4. The monoisotopic (exact) mass is 1040 g/mol. The highest BCUT2D eigenvalue weighted by Gasteiger charge is 2.26. The van der Waals surface area contributed by atoms with E-state index in [2.05, 4.69) is 41.7 Å². The molecule has 0 aliphatic heterocycles. The molecule has 0 saturated heterocycles. The Kier molecular flexibility index (Phi) is 20.0. The Morgan fingerprint density at radius 3 is 1.42 bits per heavy atom. The number of alkyl halides is 3. The number of ether oxygens (including phenoxy) is 2. The molecule has 4 N–H and O–H groups in total. The number of hydrogen-bond acceptors (Lipinski definition) is 12. The molecule has 4 amide bonds. The average molecular weight is 1040 g/mol. The molecule has 2 atom stereocenters. The second kappa shape index (κ2) is 25.8. The highest BCUT2D eigenvalue weighted by molar-refractivity contribution is 6.35. The minimum Gasteiger partial charge on any atom is -0.492 e. The molecule has 0 aliphatic carbocycles. The topological polar surface area (TPSA) is 218 Å². The lowest BCUT2D eigenvalue weighted by molar-refractivity contribution is -0.127. The van der Waals surface area contributed by atoms with Crippen molar-refractivity contribution in [3.05, 3.63) is 129 Å². The van der Waals surface area contributed by atoms with Crippen molar-refractivity contribution in [3.8, 4) is 11.5 Å². The predicted molar refractivity (Wildman–Crippen MR) is 269 cm³/mol.